The van der Waals surface area contributed by atoms with Crippen LogP contribution < -0.4 is 10.6 Å². The Morgan fingerprint density at radius 3 is 2.85 bits per heavy atom. The molecule has 1 unspecified atom stereocenters. The summed E-state index contributed by atoms with van der Waals surface area (Å²) in [5, 5.41) is 18.4. The molecule has 1 aromatic carbocycles. The minimum absolute atomic E-state index is 0.0702. The third kappa shape index (κ3) is 3.15. The largest absolute Gasteiger partial charge is 0.479 e. The molecule has 136 valence electrons. The Hall–Kier alpha value is -3.23. The van der Waals surface area contributed by atoms with E-state index in [2.05, 4.69) is 15.7 Å². The zero-order valence-electron chi connectivity index (χ0n) is 14.1. The number of aromatic nitrogens is 2. The summed E-state index contributed by atoms with van der Waals surface area (Å²) in [6.45, 7) is 2.95. The van der Waals surface area contributed by atoms with Crippen molar-refractivity contribution in [2.75, 3.05) is 10.6 Å². The number of carboxylic acids is 1. The van der Waals surface area contributed by atoms with Crippen LogP contribution in [0, 0.1) is 5.82 Å². The van der Waals surface area contributed by atoms with Gasteiger partial charge in [-0.25, -0.2) is 9.18 Å². The number of fused-ring (bicyclic) bond motifs is 1. The van der Waals surface area contributed by atoms with Crippen LogP contribution in [0.25, 0.3) is 0 Å². The summed E-state index contributed by atoms with van der Waals surface area (Å²) in [5.41, 5.74) is -0.192. The number of amides is 2. The van der Waals surface area contributed by atoms with Gasteiger partial charge in [0, 0.05) is 18.3 Å². The van der Waals surface area contributed by atoms with E-state index in [9.17, 15) is 23.9 Å². The Kier molecular flexibility index (Phi) is 4.23. The van der Waals surface area contributed by atoms with Crippen LogP contribution in [0.4, 0.5) is 15.8 Å². The second kappa shape index (κ2) is 6.25. The maximum absolute atomic E-state index is 13.4. The Balaban J connectivity index is 1.82. The Morgan fingerprint density at radius 2 is 2.15 bits per heavy atom. The summed E-state index contributed by atoms with van der Waals surface area (Å²) >= 11 is 0. The number of benzene rings is 1. The molecule has 0 saturated carbocycles. The van der Waals surface area contributed by atoms with E-state index in [1.165, 1.54) is 49.1 Å². The number of carbonyl (C=O) groups is 3. The van der Waals surface area contributed by atoms with Gasteiger partial charge in [-0.2, -0.15) is 5.10 Å². The first kappa shape index (κ1) is 17.6. The molecular formula is C17H17FN4O4. The number of anilines is 2. The Morgan fingerprint density at radius 1 is 1.42 bits per heavy atom. The quantitative estimate of drug-likeness (QED) is 0.771. The molecule has 9 heteroatoms. The standard InChI is InChI=1S/C17H17FN4O4/c1-17(2,16(25)26)22-8-10(7-19-22)20-15(24)12-6-14(23)21-13-5-9(18)3-4-11(12)13/h3-5,7-8,12H,6H2,1-2H3,(H,20,24)(H,21,23)(H,25,26). The van der Waals surface area contributed by atoms with Crippen LogP contribution in [0.5, 0.6) is 0 Å². The minimum atomic E-state index is -1.28. The topological polar surface area (TPSA) is 113 Å². The lowest BCUT2D eigenvalue weighted by Crippen LogP contribution is -2.36. The molecule has 0 spiro atoms. The fourth-order valence-corrected chi connectivity index (χ4v) is 2.69. The highest BCUT2D eigenvalue weighted by Gasteiger charge is 2.33. The fourth-order valence-electron chi connectivity index (χ4n) is 2.69. The van der Waals surface area contributed by atoms with Crippen molar-refractivity contribution in [3.05, 3.63) is 42.0 Å². The van der Waals surface area contributed by atoms with Crippen molar-refractivity contribution in [2.24, 2.45) is 0 Å². The Bertz CT molecular complexity index is 906. The van der Waals surface area contributed by atoms with Gasteiger partial charge in [0.05, 0.1) is 17.8 Å². The van der Waals surface area contributed by atoms with Crippen LogP contribution in [0.15, 0.2) is 30.6 Å². The summed E-state index contributed by atoms with van der Waals surface area (Å²) in [5.74, 6) is -3.21. The third-order valence-electron chi connectivity index (χ3n) is 4.32. The highest BCUT2D eigenvalue weighted by molar-refractivity contribution is 6.05. The van der Waals surface area contributed by atoms with Crippen molar-refractivity contribution < 1.29 is 23.9 Å². The van der Waals surface area contributed by atoms with E-state index in [4.69, 9.17) is 0 Å². The molecule has 26 heavy (non-hydrogen) atoms. The van der Waals surface area contributed by atoms with E-state index in [0.717, 1.165) is 0 Å². The second-order valence-corrected chi connectivity index (χ2v) is 6.56. The van der Waals surface area contributed by atoms with Crippen molar-refractivity contribution >= 4 is 29.2 Å². The van der Waals surface area contributed by atoms with Gasteiger partial charge < -0.3 is 15.7 Å². The average Bonchev–Trinajstić information content (AvgIpc) is 3.02. The van der Waals surface area contributed by atoms with Crippen LogP contribution in [0.2, 0.25) is 0 Å². The molecule has 0 saturated heterocycles. The van der Waals surface area contributed by atoms with E-state index >= 15 is 0 Å². The first-order valence-electron chi connectivity index (χ1n) is 7.87. The van der Waals surface area contributed by atoms with Crippen molar-refractivity contribution in [1.29, 1.82) is 0 Å². The number of nitrogens with zero attached hydrogens (tertiary/aromatic N) is 2. The van der Waals surface area contributed by atoms with Crippen LogP contribution in [-0.4, -0.2) is 32.7 Å². The van der Waals surface area contributed by atoms with Gasteiger partial charge in [0.2, 0.25) is 11.8 Å². The van der Waals surface area contributed by atoms with Crippen LogP contribution in [0.1, 0.15) is 31.7 Å². The summed E-state index contributed by atoms with van der Waals surface area (Å²) in [6.07, 6.45) is 2.66. The van der Waals surface area contributed by atoms with E-state index in [-0.39, 0.29) is 18.0 Å². The predicted octanol–water partition coefficient (Wildman–Crippen LogP) is 1.91. The van der Waals surface area contributed by atoms with Crippen LogP contribution >= 0.6 is 0 Å². The lowest BCUT2D eigenvalue weighted by molar-refractivity contribution is -0.146. The molecule has 2 amide bonds. The lowest BCUT2D eigenvalue weighted by atomic mass is 9.89. The third-order valence-corrected chi connectivity index (χ3v) is 4.32. The molecule has 3 rings (SSSR count). The summed E-state index contributed by atoms with van der Waals surface area (Å²) in [4.78, 5) is 35.7. The maximum Gasteiger partial charge on any atom is 0.331 e. The van der Waals surface area contributed by atoms with Crippen molar-refractivity contribution in [3.63, 3.8) is 0 Å². The second-order valence-electron chi connectivity index (χ2n) is 6.56. The van der Waals surface area contributed by atoms with Gasteiger partial charge in [0.25, 0.3) is 0 Å². The molecule has 3 N–H and O–H groups in total. The number of rotatable bonds is 4. The zero-order valence-corrected chi connectivity index (χ0v) is 14.1. The van der Waals surface area contributed by atoms with Gasteiger partial charge in [-0.3, -0.25) is 14.3 Å². The first-order valence-corrected chi connectivity index (χ1v) is 7.87. The van der Waals surface area contributed by atoms with Crippen molar-refractivity contribution in [1.82, 2.24) is 9.78 Å². The number of halogens is 1. The SMILES string of the molecule is CC(C)(C(=O)O)n1cc(NC(=O)C2CC(=O)Nc3cc(F)ccc32)cn1. The first-order chi connectivity index (χ1) is 12.2. The summed E-state index contributed by atoms with van der Waals surface area (Å²) in [7, 11) is 0. The fraction of sp³-hybridized carbons (Fsp3) is 0.294. The molecule has 0 bridgehead atoms. The zero-order chi connectivity index (χ0) is 19.1. The molecule has 0 fully saturated rings. The Labute approximate surface area is 148 Å². The van der Waals surface area contributed by atoms with Gasteiger partial charge in [-0.1, -0.05) is 6.07 Å². The highest BCUT2D eigenvalue weighted by atomic mass is 19.1. The minimum Gasteiger partial charge on any atom is -0.479 e. The van der Waals surface area contributed by atoms with E-state index in [1.807, 2.05) is 0 Å². The van der Waals surface area contributed by atoms with E-state index in [0.29, 0.717) is 11.3 Å². The van der Waals surface area contributed by atoms with Crippen LogP contribution in [0.3, 0.4) is 0 Å². The van der Waals surface area contributed by atoms with Crippen molar-refractivity contribution in [2.45, 2.75) is 31.7 Å². The van der Waals surface area contributed by atoms with Gasteiger partial charge in [0.1, 0.15) is 5.82 Å². The predicted molar refractivity (Wildman–Crippen MR) is 90.2 cm³/mol. The number of hydrogen-bond donors (Lipinski definition) is 3. The van der Waals surface area contributed by atoms with Crippen molar-refractivity contribution in [3.8, 4) is 0 Å². The number of aliphatic carboxylic acids is 1. The van der Waals surface area contributed by atoms with Gasteiger partial charge >= 0.3 is 5.97 Å². The monoisotopic (exact) mass is 360 g/mol. The lowest BCUT2D eigenvalue weighted by Gasteiger charge is -2.24. The molecule has 1 aromatic heterocycles. The highest BCUT2D eigenvalue weighted by Crippen LogP contribution is 2.33. The number of carboxylic acid groups (broad SMARTS) is 1. The summed E-state index contributed by atoms with van der Waals surface area (Å²) < 4.78 is 14.6. The number of nitrogens with one attached hydrogen (secondary N) is 2. The molecule has 0 aliphatic carbocycles. The number of carbonyl (C=O) groups excluding carboxylic acids is 2. The molecule has 2 heterocycles. The van der Waals surface area contributed by atoms with E-state index in [1.54, 1.807) is 0 Å². The molecule has 2 aromatic rings. The number of hydrogen-bond acceptors (Lipinski definition) is 4. The smallest absolute Gasteiger partial charge is 0.331 e. The van der Waals surface area contributed by atoms with Gasteiger partial charge in [-0.15, -0.1) is 0 Å². The molecule has 1 atom stereocenters. The molecular weight excluding hydrogens is 343 g/mol. The molecule has 8 nitrogen and oxygen atoms in total. The maximum atomic E-state index is 13.4. The normalized spacial score (nSPS) is 16.6. The van der Waals surface area contributed by atoms with E-state index < -0.39 is 29.2 Å². The molecule has 0 radical (unpaired) electrons. The molecule has 1 aliphatic heterocycles. The van der Waals surface area contributed by atoms with Gasteiger partial charge in [-0.05, 0) is 31.5 Å². The summed E-state index contributed by atoms with van der Waals surface area (Å²) in [6, 6.07) is 3.86. The van der Waals surface area contributed by atoms with Crippen LogP contribution in [-0.2, 0) is 19.9 Å². The average molecular weight is 360 g/mol. The molecule has 1 aliphatic rings. The van der Waals surface area contributed by atoms with Gasteiger partial charge in [0.15, 0.2) is 5.54 Å².